The molecule has 0 fully saturated rings. The highest BCUT2D eigenvalue weighted by atomic mass is 28.4. The highest BCUT2D eigenvalue weighted by molar-refractivity contribution is 6.74. The van der Waals surface area contributed by atoms with Gasteiger partial charge >= 0.3 is 5.97 Å². The Labute approximate surface area is 436 Å². The van der Waals surface area contributed by atoms with Crippen molar-refractivity contribution < 1.29 is 42.4 Å². The fourth-order valence-corrected chi connectivity index (χ4v) is 9.72. The summed E-state index contributed by atoms with van der Waals surface area (Å²) in [7, 11) is 4.27. The molecule has 0 spiro atoms. The van der Waals surface area contributed by atoms with Gasteiger partial charge in [-0.1, -0.05) is 159 Å². The van der Waals surface area contributed by atoms with Crippen molar-refractivity contribution in [3.05, 3.63) is 163 Å². The molecule has 72 heavy (non-hydrogen) atoms. The van der Waals surface area contributed by atoms with Gasteiger partial charge in [0.05, 0.1) is 72.7 Å². The summed E-state index contributed by atoms with van der Waals surface area (Å²) in [5.74, 6) is 2.64. The number of hydrogen-bond donors (Lipinski definition) is 0. The molecule has 0 saturated carbocycles. The molecule has 0 heterocycles. The third-order valence-electron chi connectivity index (χ3n) is 14.0. The lowest BCUT2D eigenvalue weighted by molar-refractivity contribution is -0.134. The van der Waals surface area contributed by atoms with E-state index in [1.54, 1.807) is 27.4 Å². The van der Waals surface area contributed by atoms with Crippen molar-refractivity contribution in [2.75, 3.05) is 28.4 Å². The number of carbonyl (C=O) groups excluding carboxylic acids is 1. The molecule has 3 aromatic carbocycles. The van der Waals surface area contributed by atoms with E-state index < -0.39 is 8.32 Å². The fraction of sp³-hybridized carbons (Fsp3) is 0.500. The van der Waals surface area contributed by atoms with Crippen molar-refractivity contribution in [2.24, 2.45) is 29.6 Å². The number of hydrogen-bond acceptors (Lipinski definition) is 9. The molecule has 0 aromatic heterocycles. The molecule has 0 N–H and O–H groups in total. The smallest absolute Gasteiger partial charge is 0.330 e. The molecule has 9 nitrogen and oxygen atoms in total. The minimum absolute atomic E-state index is 0.0422. The molecule has 0 radical (unpaired) electrons. The van der Waals surface area contributed by atoms with Crippen LogP contribution in [0.3, 0.4) is 0 Å². The lowest BCUT2D eigenvalue weighted by atomic mass is 9.86. The predicted molar refractivity (Wildman–Crippen MR) is 299 cm³/mol. The largest absolute Gasteiger partial charge is 0.497 e. The zero-order valence-corrected chi connectivity index (χ0v) is 47.3. The second-order valence-electron chi connectivity index (χ2n) is 20.6. The van der Waals surface area contributed by atoms with E-state index in [2.05, 4.69) is 136 Å². The highest BCUT2D eigenvalue weighted by Gasteiger charge is 2.42. The molecule has 0 saturated heterocycles. The van der Waals surface area contributed by atoms with Crippen LogP contribution in [-0.4, -0.2) is 67.1 Å². The number of rotatable bonds is 33. The third-order valence-corrected chi connectivity index (χ3v) is 18.4. The maximum atomic E-state index is 11.6. The van der Waals surface area contributed by atoms with Crippen LogP contribution in [0.4, 0.5) is 0 Å². The summed E-state index contributed by atoms with van der Waals surface area (Å²) in [5, 5.41) is 0.0568. The van der Waals surface area contributed by atoms with Crippen LogP contribution in [0, 0.1) is 29.6 Å². The van der Waals surface area contributed by atoms with Crippen LogP contribution < -0.4 is 14.2 Å². The molecule has 0 aliphatic rings. The van der Waals surface area contributed by atoms with Crippen molar-refractivity contribution in [2.45, 2.75) is 143 Å². The predicted octanol–water partition coefficient (Wildman–Crippen LogP) is 15.0. The van der Waals surface area contributed by atoms with E-state index in [9.17, 15) is 4.79 Å². The Morgan fingerprint density at radius 2 is 0.972 bits per heavy atom. The van der Waals surface area contributed by atoms with Crippen molar-refractivity contribution in [1.29, 1.82) is 0 Å². The van der Waals surface area contributed by atoms with Crippen LogP contribution in [0.15, 0.2) is 146 Å². The summed E-state index contributed by atoms with van der Waals surface area (Å²) in [4.78, 5) is 11.6. The van der Waals surface area contributed by atoms with E-state index >= 15 is 0 Å². The minimum Gasteiger partial charge on any atom is -0.497 e. The second kappa shape index (κ2) is 32.3. The van der Waals surface area contributed by atoms with Gasteiger partial charge in [-0.2, -0.15) is 0 Å². The first-order valence-corrected chi connectivity index (χ1v) is 28.7. The molecule has 0 amide bonds. The maximum absolute atomic E-state index is 11.6. The Hall–Kier alpha value is -4.97. The van der Waals surface area contributed by atoms with Gasteiger partial charge in [0.15, 0.2) is 8.32 Å². The molecule has 0 bridgehead atoms. The second-order valence-corrected chi connectivity index (χ2v) is 25.3. The summed E-state index contributed by atoms with van der Waals surface area (Å²) in [6, 6.07) is 24.2. The lowest BCUT2D eigenvalue weighted by Crippen LogP contribution is -2.49. The summed E-state index contributed by atoms with van der Waals surface area (Å²) in [6.45, 7) is 28.2. The van der Waals surface area contributed by atoms with E-state index in [1.807, 2.05) is 66.8 Å². The fourth-order valence-electron chi connectivity index (χ4n) is 8.26. The number of allylic oxidation sites excluding steroid dienone is 6. The van der Waals surface area contributed by atoms with Crippen molar-refractivity contribution in [3.63, 3.8) is 0 Å². The summed E-state index contributed by atoms with van der Waals surface area (Å²) in [6.07, 6.45) is 25.4. The van der Waals surface area contributed by atoms with Crippen LogP contribution >= 0.6 is 0 Å². The van der Waals surface area contributed by atoms with Crippen LogP contribution in [0.25, 0.3) is 0 Å². The Balaban J connectivity index is 1.86. The number of ether oxygens (including phenoxy) is 7. The summed E-state index contributed by atoms with van der Waals surface area (Å²) >= 11 is 0. The van der Waals surface area contributed by atoms with Crippen molar-refractivity contribution in [1.82, 2.24) is 0 Å². The van der Waals surface area contributed by atoms with Gasteiger partial charge in [0.1, 0.15) is 17.2 Å². The Morgan fingerprint density at radius 1 is 0.556 bits per heavy atom. The molecule has 0 aliphatic heterocycles. The van der Waals surface area contributed by atoms with Gasteiger partial charge in [-0.3, -0.25) is 0 Å². The van der Waals surface area contributed by atoms with Crippen molar-refractivity contribution >= 4 is 14.3 Å². The Bertz CT molecular complexity index is 2130. The SMILES string of the molecule is C=CC=CC(C)C(O[Si](C)(C)C(C)(C)C)C(C)C(CCC=CC(C)C(OCc1ccc(OC)cc1)C(C)C=CCCC(OCc1ccc(OC)cc1)C(C)C=CC=CC(=O)OC)OCc1ccc(OC)cc1. The number of carbonyl (C=O) groups is 1. The van der Waals surface area contributed by atoms with Gasteiger partial charge in [0.25, 0.3) is 0 Å². The molecule has 3 rings (SSSR count). The average Bonchev–Trinajstić information content (AvgIpc) is 3.37. The van der Waals surface area contributed by atoms with Crippen LogP contribution in [0.2, 0.25) is 18.1 Å². The van der Waals surface area contributed by atoms with Gasteiger partial charge in [0, 0.05) is 29.7 Å². The van der Waals surface area contributed by atoms with Crippen LogP contribution in [0.5, 0.6) is 17.2 Å². The zero-order chi connectivity index (χ0) is 53.1. The quantitative estimate of drug-likeness (QED) is 0.0194. The van der Waals surface area contributed by atoms with Crippen molar-refractivity contribution in [3.8, 4) is 17.2 Å². The number of esters is 1. The zero-order valence-electron chi connectivity index (χ0n) is 46.3. The Kier molecular flexibility index (Phi) is 27.5. The minimum atomic E-state index is -2.14. The topological polar surface area (TPSA) is 90.9 Å². The van der Waals surface area contributed by atoms with E-state index in [0.29, 0.717) is 19.8 Å². The monoisotopic (exact) mass is 1010 g/mol. The molecule has 9 atom stereocenters. The molecule has 0 aliphatic carbocycles. The summed E-state index contributed by atoms with van der Waals surface area (Å²) < 4.78 is 48.5. The number of methoxy groups -OCH3 is 4. The average molecular weight is 1010 g/mol. The van der Waals surface area contributed by atoms with E-state index in [1.165, 1.54) is 13.2 Å². The third kappa shape index (κ3) is 21.6. The van der Waals surface area contributed by atoms with Gasteiger partial charge < -0.3 is 37.6 Å². The van der Waals surface area contributed by atoms with Crippen LogP contribution in [0.1, 0.15) is 97.8 Å². The standard InChI is InChI=1S/C62H90O9Si/c1-16-17-24-49(5)61(71-72(14,15)62(7,8)9)50(6)58(69-44-52-33-39-55(65-11)40-34-52)29-22-19-27-48(4)60(70-45-53-35-41-56(66-12)42-36-53)47(3)26-18-21-28-57(46(2)25-20-23-30-59(63)67-13)68-43-51-31-37-54(64-10)38-32-51/h16-20,23-27,30-42,46-50,57-58,60-61H,1,21-22,28-29,43-45H2,2-15H3. The number of benzene rings is 3. The molecule has 10 heteroatoms. The maximum Gasteiger partial charge on any atom is 0.330 e. The van der Waals surface area contributed by atoms with Gasteiger partial charge in [-0.25, -0.2) is 4.79 Å². The van der Waals surface area contributed by atoms with Gasteiger partial charge in [-0.05, 0) is 103 Å². The molecule has 396 valence electrons. The van der Waals surface area contributed by atoms with E-state index in [-0.39, 0.29) is 65.0 Å². The Morgan fingerprint density at radius 3 is 1.40 bits per heavy atom. The van der Waals surface area contributed by atoms with Gasteiger partial charge in [0.2, 0.25) is 0 Å². The normalized spacial score (nSPS) is 16.4. The first-order chi connectivity index (χ1) is 34.4. The van der Waals surface area contributed by atoms with Gasteiger partial charge in [-0.15, -0.1) is 0 Å². The molecular weight excluding hydrogens is 917 g/mol. The van der Waals surface area contributed by atoms with E-state index in [4.69, 9.17) is 37.6 Å². The van der Waals surface area contributed by atoms with E-state index in [0.717, 1.165) is 59.6 Å². The lowest BCUT2D eigenvalue weighted by Gasteiger charge is -2.44. The molecule has 3 aromatic rings. The molecule has 9 unspecified atom stereocenters. The summed E-state index contributed by atoms with van der Waals surface area (Å²) in [5.41, 5.74) is 3.26. The highest BCUT2D eigenvalue weighted by Crippen LogP contribution is 2.40. The van der Waals surface area contributed by atoms with Crippen LogP contribution in [-0.2, 0) is 48.0 Å². The first kappa shape index (κ1) is 61.3. The first-order valence-electron chi connectivity index (χ1n) is 25.8. The molecular formula is C62H90O9Si.